The maximum Gasteiger partial charge on any atom is 0.161 e. The van der Waals surface area contributed by atoms with E-state index in [9.17, 15) is 0 Å². The van der Waals surface area contributed by atoms with Crippen LogP contribution in [0.5, 0.6) is 11.5 Å². The Morgan fingerprint density at radius 3 is 2.25 bits per heavy atom. The number of fused-ring (bicyclic) bond motifs is 2. The third kappa shape index (κ3) is 1.52. The number of hydrogen-bond acceptors (Lipinski definition) is 3. The highest BCUT2D eigenvalue weighted by molar-refractivity contribution is 5.41. The minimum atomic E-state index is 0.114. The van der Waals surface area contributed by atoms with E-state index in [-0.39, 0.29) is 12.2 Å². The van der Waals surface area contributed by atoms with Gasteiger partial charge in [0.15, 0.2) is 11.5 Å². The number of likely N-dealkylation sites (tertiary alicyclic amines) is 1. The Balaban J connectivity index is 1.79. The second kappa shape index (κ2) is 3.73. The van der Waals surface area contributed by atoms with Gasteiger partial charge in [-0.15, -0.1) is 6.42 Å². The van der Waals surface area contributed by atoms with E-state index < -0.39 is 0 Å². The van der Waals surface area contributed by atoms with Crippen LogP contribution < -0.4 is 9.47 Å². The first-order chi connectivity index (χ1) is 7.86. The van der Waals surface area contributed by atoms with Gasteiger partial charge in [-0.3, -0.25) is 4.90 Å². The number of nitrogens with zero attached hydrogens (tertiary/aromatic N) is 1. The van der Waals surface area contributed by atoms with Crippen molar-refractivity contribution in [2.75, 3.05) is 19.6 Å². The number of ether oxygens (including phenoxy) is 2. The monoisotopic (exact) mass is 215 g/mol. The number of para-hydroxylation sites is 2. The fourth-order valence-electron chi connectivity index (χ4n) is 2.27. The lowest BCUT2D eigenvalue weighted by Gasteiger charge is -2.28. The van der Waals surface area contributed by atoms with Gasteiger partial charge in [0.1, 0.15) is 12.2 Å². The molecule has 1 fully saturated rings. The molecule has 0 aliphatic carbocycles. The third-order valence-electron chi connectivity index (χ3n) is 3.01. The lowest BCUT2D eigenvalue weighted by atomic mass is 10.2. The summed E-state index contributed by atoms with van der Waals surface area (Å²) in [5, 5.41) is 0. The molecule has 0 bridgehead atoms. The molecule has 82 valence electrons. The van der Waals surface area contributed by atoms with Crippen LogP contribution in [0.15, 0.2) is 24.3 Å². The average molecular weight is 215 g/mol. The first-order valence-corrected chi connectivity index (χ1v) is 5.45. The van der Waals surface area contributed by atoms with E-state index in [1.807, 2.05) is 24.3 Å². The smallest absolute Gasteiger partial charge is 0.161 e. The van der Waals surface area contributed by atoms with Crippen molar-refractivity contribution in [2.45, 2.75) is 12.2 Å². The van der Waals surface area contributed by atoms with Crippen molar-refractivity contribution in [1.82, 2.24) is 4.90 Å². The van der Waals surface area contributed by atoms with E-state index in [0.717, 1.165) is 24.6 Å². The van der Waals surface area contributed by atoms with Crippen LogP contribution in [0.4, 0.5) is 0 Å². The third-order valence-corrected chi connectivity index (χ3v) is 3.01. The van der Waals surface area contributed by atoms with Gasteiger partial charge in [-0.2, -0.15) is 0 Å². The van der Waals surface area contributed by atoms with Gasteiger partial charge in [-0.25, -0.2) is 0 Å². The fraction of sp³-hybridized carbons (Fsp3) is 0.385. The molecule has 1 saturated heterocycles. The highest BCUT2D eigenvalue weighted by Gasteiger charge is 2.39. The zero-order valence-corrected chi connectivity index (χ0v) is 8.93. The van der Waals surface area contributed by atoms with E-state index in [2.05, 4.69) is 10.8 Å². The Morgan fingerprint density at radius 2 is 1.75 bits per heavy atom. The minimum Gasteiger partial charge on any atom is -0.481 e. The van der Waals surface area contributed by atoms with Crippen LogP contribution in [0.2, 0.25) is 0 Å². The second-order valence-corrected chi connectivity index (χ2v) is 4.16. The van der Waals surface area contributed by atoms with Gasteiger partial charge in [-0.05, 0) is 12.1 Å². The molecule has 0 amide bonds. The predicted octanol–water partition coefficient (Wildman–Crippen LogP) is 1.14. The molecule has 2 atom stereocenters. The van der Waals surface area contributed by atoms with Crippen molar-refractivity contribution in [2.24, 2.45) is 0 Å². The molecular weight excluding hydrogens is 202 g/mol. The van der Waals surface area contributed by atoms with Crippen LogP contribution in [-0.4, -0.2) is 36.7 Å². The van der Waals surface area contributed by atoms with Gasteiger partial charge in [-0.1, -0.05) is 18.1 Å². The first-order valence-electron chi connectivity index (χ1n) is 5.45. The molecule has 0 radical (unpaired) electrons. The van der Waals surface area contributed by atoms with Gasteiger partial charge >= 0.3 is 0 Å². The van der Waals surface area contributed by atoms with Gasteiger partial charge in [0.2, 0.25) is 0 Å². The summed E-state index contributed by atoms with van der Waals surface area (Å²) < 4.78 is 11.8. The molecule has 0 aromatic heterocycles. The highest BCUT2D eigenvalue weighted by Crippen LogP contribution is 2.35. The number of terminal acetylenes is 1. The quantitative estimate of drug-likeness (QED) is 0.656. The standard InChI is InChI=1S/C13H13NO2/c1-2-7-14-8-12-13(9-14)16-11-6-4-3-5-10(11)15-12/h1,3-6,12-13H,7-9H2/t12-,13-/m1/s1. The first kappa shape index (κ1) is 9.56. The van der Waals surface area contributed by atoms with Gasteiger partial charge in [0.25, 0.3) is 0 Å². The predicted molar refractivity (Wildman–Crippen MR) is 60.5 cm³/mol. The molecule has 2 aliphatic heterocycles. The summed E-state index contributed by atoms with van der Waals surface area (Å²) in [6, 6.07) is 7.79. The Kier molecular flexibility index (Phi) is 2.23. The van der Waals surface area contributed by atoms with Crippen molar-refractivity contribution in [3.63, 3.8) is 0 Å². The van der Waals surface area contributed by atoms with Crippen molar-refractivity contribution >= 4 is 0 Å². The average Bonchev–Trinajstić information content (AvgIpc) is 2.67. The van der Waals surface area contributed by atoms with Crippen LogP contribution in [-0.2, 0) is 0 Å². The highest BCUT2D eigenvalue weighted by atomic mass is 16.6. The molecule has 1 aromatic rings. The van der Waals surface area contributed by atoms with E-state index in [1.165, 1.54) is 0 Å². The van der Waals surface area contributed by atoms with Crippen molar-refractivity contribution < 1.29 is 9.47 Å². The summed E-state index contributed by atoms with van der Waals surface area (Å²) in [5.74, 6) is 4.33. The Morgan fingerprint density at radius 1 is 1.19 bits per heavy atom. The number of hydrogen-bond donors (Lipinski definition) is 0. The number of benzene rings is 1. The fourth-order valence-corrected chi connectivity index (χ4v) is 2.27. The Bertz CT molecular complexity index is 405. The van der Waals surface area contributed by atoms with E-state index >= 15 is 0 Å². The molecule has 0 saturated carbocycles. The normalized spacial score (nSPS) is 27.2. The molecule has 2 aliphatic rings. The van der Waals surface area contributed by atoms with Gasteiger partial charge < -0.3 is 9.47 Å². The molecule has 16 heavy (non-hydrogen) atoms. The molecule has 2 heterocycles. The summed E-state index contributed by atoms with van der Waals surface area (Å²) >= 11 is 0. The van der Waals surface area contributed by atoms with Crippen molar-refractivity contribution in [1.29, 1.82) is 0 Å². The SMILES string of the molecule is C#CCN1C[C@H]2Oc3ccccc3O[C@@H]2C1. The maximum atomic E-state index is 5.90. The molecule has 3 rings (SSSR count). The van der Waals surface area contributed by atoms with Crippen LogP contribution in [0.25, 0.3) is 0 Å². The summed E-state index contributed by atoms with van der Waals surface area (Å²) in [6.45, 7) is 2.36. The lowest BCUT2D eigenvalue weighted by molar-refractivity contribution is 0.0552. The molecule has 3 heteroatoms. The largest absolute Gasteiger partial charge is 0.481 e. The van der Waals surface area contributed by atoms with E-state index in [0.29, 0.717) is 6.54 Å². The minimum absolute atomic E-state index is 0.114. The Labute approximate surface area is 95.0 Å². The lowest BCUT2D eigenvalue weighted by Crippen LogP contribution is -2.38. The summed E-state index contributed by atoms with van der Waals surface area (Å²) in [5.41, 5.74) is 0. The molecule has 0 unspecified atom stereocenters. The molecule has 3 nitrogen and oxygen atoms in total. The van der Waals surface area contributed by atoms with Gasteiger partial charge in [0, 0.05) is 13.1 Å². The van der Waals surface area contributed by atoms with Crippen molar-refractivity contribution in [3.05, 3.63) is 24.3 Å². The topological polar surface area (TPSA) is 21.7 Å². The van der Waals surface area contributed by atoms with Gasteiger partial charge in [0.05, 0.1) is 6.54 Å². The zero-order chi connectivity index (χ0) is 11.0. The number of rotatable bonds is 1. The molecular formula is C13H13NO2. The summed E-state index contributed by atoms with van der Waals surface area (Å²) in [7, 11) is 0. The summed E-state index contributed by atoms with van der Waals surface area (Å²) in [4.78, 5) is 2.18. The van der Waals surface area contributed by atoms with Crippen LogP contribution >= 0.6 is 0 Å². The maximum absolute atomic E-state index is 5.90. The Hall–Kier alpha value is -1.66. The zero-order valence-electron chi connectivity index (χ0n) is 8.93. The van der Waals surface area contributed by atoms with Crippen molar-refractivity contribution in [3.8, 4) is 23.8 Å². The van der Waals surface area contributed by atoms with Crippen LogP contribution in [0, 0.1) is 12.3 Å². The molecule has 0 spiro atoms. The molecule has 1 aromatic carbocycles. The summed E-state index contributed by atoms with van der Waals surface area (Å²) in [6.07, 6.45) is 5.54. The van der Waals surface area contributed by atoms with E-state index in [4.69, 9.17) is 15.9 Å². The second-order valence-electron chi connectivity index (χ2n) is 4.16. The van der Waals surface area contributed by atoms with Crippen LogP contribution in [0.1, 0.15) is 0 Å². The molecule has 0 N–H and O–H groups in total. The van der Waals surface area contributed by atoms with Crippen LogP contribution in [0.3, 0.4) is 0 Å². The van der Waals surface area contributed by atoms with E-state index in [1.54, 1.807) is 0 Å².